The summed E-state index contributed by atoms with van der Waals surface area (Å²) in [5.74, 6) is 0.151. The molecule has 0 aromatic heterocycles. The highest BCUT2D eigenvalue weighted by Gasteiger charge is 2.09. The second kappa shape index (κ2) is 5.98. The summed E-state index contributed by atoms with van der Waals surface area (Å²) < 4.78 is 22.9. The molecule has 6 heteroatoms. The molecule has 0 aliphatic rings. The van der Waals surface area contributed by atoms with Crippen LogP contribution in [0.3, 0.4) is 0 Å². The number of alkyl halides is 1. The van der Waals surface area contributed by atoms with Crippen molar-refractivity contribution in [2.24, 2.45) is 0 Å². The Balaban J connectivity index is 2.92. The highest BCUT2D eigenvalue weighted by molar-refractivity contribution is 7.80. The molecular formula is C10H11ClNO3S-. The molecule has 88 valence electrons. The third-order valence-electron chi connectivity index (χ3n) is 1.92. The minimum absolute atomic E-state index is 0.156. The van der Waals surface area contributed by atoms with Gasteiger partial charge in [0.1, 0.15) is 5.78 Å². The molecule has 0 spiro atoms. The highest BCUT2D eigenvalue weighted by atomic mass is 35.5. The Morgan fingerprint density at radius 2 is 2.00 bits per heavy atom. The number of ketones is 1. The number of hydrogen-bond acceptors (Lipinski definition) is 3. The van der Waals surface area contributed by atoms with Crippen LogP contribution in [0, 0.1) is 0 Å². The van der Waals surface area contributed by atoms with Crippen molar-refractivity contribution in [1.82, 2.24) is 0 Å². The number of benzene rings is 1. The van der Waals surface area contributed by atoms with Gasteiger partial charge in [0, 0.05) is 22.8 Å². The Labute approximate surface area is 102 Å². The predicted molar refractivity (Wildman–Crippen MR) is 62.9 cm³/mol. The van der Waals surface area contributed by atoms with Gasteiger partial charge in [-0.05, 0) is 24.6 Å². The molecule has 0 aliphatic heterocycles. The highest BCUT2D eigenvalue weighted by Crippen LogP contribution is 2.17. The predicted octanol–water partition coefficient (Wildman–Crippen LogP) is 1.61. The molecule has 0 heterocycles. The van der Waals surface area contributed by atoms with Crippen molar-refractivity contribution in [3.05, 3.63) is 29.8 Å². The van der Waals surface area contributed by atoms with Gasteiger partial charge in [0.05, 0.1) is 6.54 Å². The van der Waals surface area contributed by atoms with Gasteiger partial charge in [-0.1, -0.05) is 12.1 Å². The molecule has 1 aromatic rings. The average molecular weight is 261 g/mol. The van der Waals surface area contributed by atoms with E-state index in [0.717, 1.165) is 9.87 Å². The molecule has 0 N–H and O–H groups in total. The molecule has 0 bridgehead atoms. The zero-order valence-corrected chi connectivity index (χ0v) is 10.3. The first kappa shape index (κ1) is 13.2. The van der Waals surface area contributed by atoms with E-state index in [2.05, 4.69) is 0 Å². The van der Waals surface area contributed by atoms with Crippen molar-refractivity contribution in [2.75, 3.05) is 10.8 Å². The van der Waals surface area contributed by atoms with Gasteiger partial charge in [0.25, 0.3) is 0 Å². The molecule has 0 saturated heterocycles. The minimum Gasteiger partial charge on any atom is -0.755 e. The van der Waals surface area contributed by atoms with E-state index in [1.165, 1.54) is 6.92 Å². The largest absolute Gasteiger partial charge is 0.755 e. The van der Waals surface area contributed by atoms with Crippen LogP contribution in [0.2, 0.25) is 0 Å². The number of carbonyl (C=O) groups excluding carboxylic acids is 1. The lowest BCUT2D eigenvalue weighted by atomic mass is 10.2. The quantitative estimate of drug-likeness (QED) is 0.597. The van der Waals surface area contributed by atoms with E-state index in [-0.39, 0.29) is 12.3 Å². The van der Waals surface area contributed by atoms with Crippen molar-refractivity contribution in [3.63, 3.8) is 0 Å². The van der Waals surface area contributed by atoms with Crippen molar-refractivity contribution in [2.45, 2.75) is 12.8 Å². The molecule has 0 fully saturated rings. The molecule has 4 nitrogen and oxygen atoms in total. The molecule has 1 aromatic carbocycles. The van der Waals surface area contributed by atoms with E-state index < -0.39 is 11.3 Å². The first-order chi connectivity index (χ1) is 7.54. The maximum Gasteiger partial charge on any atom is 0.150 e. The summed E-state index contributed by atoms with van der Waals surface area (Å²) in [6.07, 6.45) is 0. The lowest BCUT2D eigenvalue weighted by molar-refractivity contribution is -0.115. The maximum absolute atomic E-state index is 10.9. The molecular weight excluding hydrogens is 250 g/mol. The lowest BCUT2D eigenvalue weighted by Crippen LogP contribution is -2.30. The van der Waals surface area contributed by atoms with Gasteiger partial charge in [-0.2, -0.15) is 0 Å². The Morgan fingerprint density at radius 1 is 1.44 bits per heavy atom. The summed E-state index contributed by atoms with van der Waals surface area (Å²) >= 11 is 3.16. The van der Waals surface area contributed by atoms with Gasteiger partial charge >= 0.3 is 0 Å². The number of hydrogen-bond donors (Lipinski definition) is 0. The number of rotatable bonds is 5. The van der Waals surface area contributed by atoms with E-state index in [9.17, 15) is 13.6 Å². The first-order valence-electron chi connectivity index (χ1n) is 4.56. The molecule has 0 amide bonds. The van der Waals surface area contributed by atoms with Gasteiger partial charge in [0.15, 0.2) is 0 Å². The summed E-state index contributed by atoms with van der Waals surface area (Å²) in [6.45, 7) is 1.18. The van der Waals surface area contributed by atoms with Gasteiger partial charge in [-0.25, -0.2) is 0 Å². The van der Waals surface area contributed by atoms with E-state index in [0.29, 0.717) is 11.6 Å². The van der Waals surface area contributed by atoms with Crippen LogP contribution in [0.5, 0.6) is 0 Å². The Morgan fingerprint density at radius 3 is 2.38 bits per heavy atom. The first-order valence-corrected chi connectivity index (χ1v) is 6.12. The topological polar surface area (TPSA) is 60.4 Å². The molecule has 1 atom stereocenters. The average Bonchev–Trinajstić information content (AvgIpc) is 2.25. The third kappa shape index (κ3) is 3.59. The lowest BCUT2D eigenvalue weighted by Gasteiger charge is -2.25. The van der Waals surface area contributed by atoms with E-state index in [1.807, 2.05) is 0 Å². The summed E-state index contributed by atoms with van der Waals surface area (Å²) in [6, 6.07) is 6.69. The molecule has 0 radical (unpaired) electrons. The number of anilines is 1. The number of halogens is 1. The van der Waals surface area contributed by atoms with Crippen LogP contribution in [-0.4, -0.2) is 21.1 Å². The smallest absolute Gasteiger partial charge is 0.150 e. The molecule has 16 heavy (non-hydrogen) atoms. The molecule has 1 rings (SSSR count). The fourth-order valence-electron chi connectivity index (χ4n) is 1.18. The third-order valence-corrected chi connectivity index (χ3v) is 2.93. The monoisotopic (exact) mass is 260 g/mol. The zero-order valence-electron chi connectivity index (χ0n) is 8.68. The minimum atomic E-state index is -2.45. The molecule has 0 saturated carbocycles. The van der Waals surface area contributed by atoms with Crippen LogP contribution in [0.1, 0.15) is 12.5 Å². The summed E-state index contributed by atoms with van der Waals surface area (Å²) in [5.41, 5.74) is 1.35. The number of carbonyl (C=O) groups is 1. The van der Waals surface area contributed by atoms with Crippen LogP contribution < -0.4 is 4.31 Å². The zero-order chi connectivity index (χ0) is 12.1. The van der Waals surface area contributed by atoms with Crippen LogP contribution in [-0.2, 0) is 21.9 Å². The summed E-state index contributed by atoms with van der Waals surface area (Å²) in [7, 11) is 0. The standard InChI is InChI=1S/C10H12ClNO3S/c1-8(13)7-12(16(14)15)10-4-2-9(6-11)3-5-10/h2-5H,6-7H2,1H3,(H,14,15)/p-1. The summed E-state index contributed by atoms with van der Waals surface area (Å²) in [4.78, 5) is 10.9. The van der Waals surface area contributed by atoms with Gasteiger partial charge in [0.2, 0.25) is 0 Å². The van der Waals surface area contributed by atoms with Crippen molar-refractivity contribution in [3.8, 4) is 0 Å². The fourth-order valence-corrected chi connectivity index (χ4v) is 1.94. The SMILES string of the molecule is CC(=O)CN(c1ccc(CCl)cc1)S(=O)[O-]. The summed E-state index contributed by atoms with van der Waals surface area (Å²) in [5, 5.41) is 0. The van der Waals surface area contributed by atoms with Crippen molar-refractivity contribution in [1.29, 1.82) is 0 Å². The number of nitrogens with zero attached hydrogens (tertiary/aromatic N) is 1. The van der Waals surface area contributed by atoms with E-state index in [4.69, 9.17) is 11.6 Å². The van der Waals surface area contributed by atoms with Gasteiger partial charge in [-0.15, -0.1) is 11.6 Å². The number of Topliss-reactive ketones (excluding diaryl/α,β-unsaturated/α-hetero) is 1. The van der Waals surface area contributed by atoms with Crippen LogP contribution in [0.25, 0.3) is 0 Å². The maximum atomic E-state index is 10.9. The fraction of sp³-hybridized carbons (Fsp3) is 0.300. The van der Waals surface area contributed by atoms with E-state index >= 15 is 0 Å². The second-order valence-electron chi connectivity index (χ2n) is 3.26. The molecule has 0 aliphatic carbocycles. The van der Waals surface area contributed by atoms with E-state index in [1.54, 1.807) is 24.3 Å². The van der Waals surface area contributed by atoms with Gasteiger partial charge in [-0.3, -0.25) is 13.3 Å². The normalized spacial score (nSPS) is 12.2. The Hall–Kier alpha value is -0.910. The van der Waals surface area contributed by atoms with Crippen molar-refractivity contribution < 1.29 is 13.6 Å². The Kier molecular flexibility index (Phi) is 4.92. The second-order valence-corrected chi connectivity index (χ2v) is 4.40. The van der Waals surface area contributed by atoms with Crippen molar-refractivity contribution >= 4 is 34.3 Å². The van der Waals surface area contributed by atoms with Gasteiger partial charge < -0.3 is 4.55 Å². The van der Waals surface area contributed by atoms with Crippen LogP contribution in [0.15, 0.2) is 24.3 Å². The van der Waals surface area contributed by atoms with Crippen LogP contribution >= 0.6 is 11.6 Å². The molecule has 1 unspecified atom stereocenters. The Bertz CT molecular complexity index is 394. The van der Waals surface area contributed by atoms with Crippen LogP contribution in [0.4, 0.5) is 5.69 Å².